The molecule has 1 saturated heterocycles. The number of ether oxygens (including phenoxy) is 1. The average molecular weight is 415 g/mol. The molecule has 1 aliphatic rings. The number of carbonyl (C=O) groups excluding carboxylic acids is 1. The molecule has 0 unspecified atom stereocenters. The molecule has 4 aromatic rings. The summed E-state index contributed by atoms with van der Waals surface area (Å²) in [6.45, 7) is 2.84. The van der Waals surface area contributed by atoms with Crippen LogP contribution in [0.4, 0.5) is 11.6 Å². The first-order chi connectivity index (χ1) is 15.2. The Morgan fingerprint density at radius 3 is 2.71 bits per heavy atom. The number of pyridine rings is 3. The van der Waals surface area contributed by atoms with Crippen molar-refractivity contribution in [2.45, 2.75) is 0 Å². The van der Waals surface area contributed by atoms with Crippen LogP contribution in [0.15, 0.2) is 55.2 Å². The van der Waals surface area contributed by atoms with Crippen LogP contribution in [-0.2, 0) is 11.8 Å². The SMILES string of the molecule is Cn1cc(-c2cnc3cnc(NC(=O)c4ccnc(N5CCOCC5)c4)cc3c2)cn1. The van der Waals surface area contributed by atoms with Gasteiger partial charge in [0.1, 0.15) is 11.6 Å². The number of morpholine rings is 1. The van der Waals surface area contributed by atoms with Gasteiger partial charge < -0.3 is 15.0 Å². The summed E-state index contributed by atoms with van der Waals surface area (Å²) in [5, 5.41) is 7.97. The quantitative estimate of drug-likeness (QED) is 0.547. The Hall–Kier alpha value is -3.85. The molecule has 1 amide bonds. The summed E-state index contributed by atoms with van der Waals surface area (Å²) in [7, 11) is 1.87. The first kappa shape index (κ1) is 19.1. The summed E-state index contributed by atoms with van der Waals surface area (Å²) < 4.78 is 7.13. The Kier molecular flexibility index (Phi) is 5.01. The van der Waals surface area contributed by atoms with Gasteiger partial charge in [-0.1, -0.05) is 0 Å². The second-order valence-electron chi connectivity index (χ2n) is 7.35. The highest BCUT2D eigenvalue weighted by Crippen LogP contribution is 2.23. The van der Waals surface area contributed by atoms with Crippen molar-refractivity contribution < 1.29 is 9.53 Å². The van der Waals surface area contributed by atoms with Crippen LogP contribution in [0.2, 0.25) is 0 Å². The second kappa shape index (κ2) is 8.11. The first-order valence-corrected chi connectivity index (χ1v) is 10.0. The van der Waals surface area contributed by atoms with Crippen LogP contribution in [0.25, 0.3) is 22.0 Å². The smallest absolute Gasteiger partial charge is 0.257 e. The molecular formula is C22H21N7O2. The lowest BCUT2D eigenvalue weighted by atomic mass is 10.1. The summed E-state index contributed by atoms with van der Waals surface area (Å²) in [6.07, 6.45) is 8.83. The Balaban J connectivity index is 1.37. The Bertz CT molecular complexity index is 1250. The molecule has 0 radical (unpaired) electrons. The Morgan fingerprint density at radius 2 is 1.90 bits per heavy atom. The van der Waals surface area contributed by atoms with Crippen molar-refractivity contribution in [3.8, 4) is 11.1 Å². The van der Waals surface area contributed by atoms with Gasteiger partial charge in [0, 0.05) is 60.8 Å². The number of nitrogens with one attached hydrogen (secondary N) is 1. The van der Waals surface area contributed by atoms with Crippen LogP contribution in [0.3, 0.4) is 0 Å². The number of amides is 1. The summed E-state index contributed by atoms with van der Waals surface area (Å²) in [5.74, 6) is 1.00. The highest BCUT2D eigenvalue weighted by Gasteiger charge is 2.15. The van der Waals surface area contributed by atoms with Gasteiger partial charge in [-0.3, -0.25) is 14.5 Å². The van der Waals surface area contributed by atoms with E-state index in [1.165, 1.54) is 0 Å². The normalized spacial score (nSPS) is 14.0. The summed E-state index contributed by atoms with van der Waals surface area (Å²) in [4.78, 5) is 28.1. The fraction of sp³-hybridized carbons (Fsp3) is 0.227. The molecule has 0 spiro atoms. The molecule has 9 nitrogen and oxygen atoms in total. The van der Waals surface area contributed by atoms with Gasteiger partial charge in [-0.15, -0.1) is 0 Å². The highest BCUT2D eigenvalue weighted by molar-refractivity contribution is 6.04. The molecule has 1 N–H and O–H groups in total. The van der Waals surface area contributed by atoms with Crippen molar-refractivity contribution in [2.24, 2.45) is 7.05 Å². The van der Waals surface area contributed by atoms with Gasteiger partial charge in [-0.25, -0.2) is 9.97 Å². The van der Waals surface area contributed by atoms with E-state index in [4.69, 9.17) is 4.74 Å². The maximum atomic E-state index is 12.8. The zero-order valence-electron chi connectivity index (χ0n) is 17.0. The van der Waals surface area contributed by atoms with E-state index in [2.05, 4.69) is 30.3 Å². The fourth-order valence-corrected chi connectivity index (χ4v) is 3.54. The van der Waals surface area contributed by atoms with Crippen LogP contribution >= 0.6 is 0 Å². The largest absolute Gasteiger partial charge is 0.378 e. The predicted molar refractivity (Wildman–Crippen MR) is 117 cm³/mol. The van der Waals surface area contributed by atoms with E-state index in [1.54, 1.807) is 41.6 Å². The predicted octanol–water partition coefficient (Wildman–Crippen LogP) is 2.51. The van der Waals surface area contributed by atoms with Gasteiger partial charge in [0.05, 0.1) is 31.1 Å². The second-order valence-corrected chi connectivity index (χ2v) is 7.35. The van der Waals surface area contributed by atoms with Crippen molar-refractivity contribution in [1.82, 2.24) is 24.7 Å². The lowest BCUT2D eigenvalue weighted by Crippen LogP contribution is -2.36. The molecule has 4 aromatic heterocycles. The monoisotopic (exact) mass is 415 g/mol. The van der Waals surface area contributed by atoms with E-state index >= 15 is 0 Å². The molecule has 0 saturated carbocycles. The maximum Gasteiger partial charge on any atom is 0.257 e. The molecule has 5 heterocycles. The van der Waals surface area contributed by atoms with E-state index in [0.29, 0.717) is 24.6 Å². The molecular weight excluding hydrogens is 394 g/mol. The van der Waals surface area contributed by atoms with Crippen molar-refractivity contribution in [2.75, 3.05) is 36.5 Å². The topological polar surface area (TPSA) is 98.1 Å². The number of nitrogens with zero attached hydrogens (tertiary/aromatic N) is 6. The third kappa shape index (κ3) is 4.08. The number of anilines is 2. The van der Waals surface area contributed by atoms with Gasteiger partial charge in [0.25, 0.3) is 5.91 Å². The zero-order chi connectivity index (χ0) is 21.2. The van der Waals surface area contributed by atoms with Crippen LogP contribution in [0.5, 0.6) is 0 Å². The molecule has 5 rings (SSSR count). The minimum atomic E-state index is -0.236. The lowest BCUT2D eigenvalue weighted by molar-refractivity contribution is 0.102. The summed E-state index contributed by atoms with van der Waals surface area (Å²) in [5.41, 5.74) is 3.21. The number of fused-ring (bicyclic) bond motifs is 1. The van der Waals surface area contributed by atoms with Gasteiger partial charge in [0.15, 0.2) is 0 Å². The van der Waals surface area contributed by atoms with Crippen molar-refractivity contribution in [3.63, 3.8) is 0 Å². The minimum Gasteiger partial charge on any atom is -0.378 e. The molecule has 31 heavy (non-hydrogen) atoms. The molecule has 0 bridgehead atoms. The van der Waals surface area contributed by atoms with Gasteiger partial charge in [0.2, 0.25) is 0 Å². The molecule has 0 aliphatic carbocycles. The number of rotatable bonds is 4. The number of aromatic nitrogens is 5. The van der Waals surface area contributed by atoms with Gasteiger partial charge >= 0.3 is 0 Å². The molecule has 156 valence electrons. The van der Waals surface area contributed by atoms with Crippen LogP contribution in [0, 0.1) is 0 Å². The van der Waals surface area contributed by atoms with Crippen LogP contribution < -0.4 is 10.2 Å². The van der Waals surface area contributed by atoms with Crippen molar-refractivity contribution in [3.05, 3.63) is 60.8 Å². The van der Waals surface area contributed by atoms with E-state index in [0.717, 1.165) is 40.9 Å². The highest BCUT2D eigenvalue weighted by atomic mass is 16.5. The summed E-state index contributed by atoms with van der Waals surface area (Å²) in [6, 6.07) is 7.33. The van der Waals surface area contributed by atoms with Crippen LogP contribution in [0.1, 0.15) is 10.4 Å². The first-order valence-electron chi connectivity index (χ1n) is 10.0. The molecule has 1 fully saturated rings. The number of hydrogen-bond acceptors (Lipinski definition) is 7. The Labute approximate surface area is 178 Å². The third-order valence-corrected chi connectivity index (χ3v) is 5.19. The Morgan fingerprint density at radius 1 is 1.03 bits per heavy atom. The van der Waals surface area contributed by atoms with E-state index < -0.39 is 0 Å². The fourth-order valence-electron chi connectivity index (χ4n) is 3.54. The van der Waals surface area contributed by atoms with E-state index in [9.17, 15) is 4.79 Å². The molecule has 0 atom stereocenters. The number of hydrogen-bond donors (Lipinski definition) is 1. The third-order valence-electron chi connectivity index (χ3n) is 5.19. The maximum absolute atomic E-state index is 12.8. The van der Waals surface area contributed by atoms with E-state index in [1.807, 2.05) is 25.4 Å². The van der Waals surface area contributed by atoms with E-state index in [-0.39, 0.29) is 5.91 Å². The molecule has 1 aliphatic heterocycles. The zero-order valence-corrected chi connectivity index (χ0v) is 17.0. The number of carbonyl (C=O) groups is 1. The standard InChI is InChI=1S/C22H21N7O2/c1-28-14-18(12-26-28)17-8-16-9-20(25-13-19(16)24-11-17)27-22(30)15-2-3-23-21(10-15)29-4-6-31-7-5-29/h2-3,8-14H,4-7H2,1H3,(H,25,27,30). The van der Waals surface area contributed by atoms with Crippen molar-refractivity contribution in [1.29, 1.82) is 0 Å². The average Bonchev–Trinajstić information content (AvgIpc) is 3.25. The lowest BCUT2D eigenvalue weighted by Gasteiger charge is -2.27. The van der Waals surface area contributed by atoms with Gasteiger partial charge in [-0.05, 0) is 24.3 Å². The van der Waals surface area contributed by atoms with Crippen molar-refractivity contribution >= 4 is 28.4 Å². The number of aryl methyl sites for hydroxylation is 1. The molecule has 9 heteroatoms. The summed E-state index contributed by atoms with van der Waals surface area (Å²) >= 11 is 0. The molecule has 0 aromatic carbocycles. The van der Waals surface area contributed by atoms with Gasteiger partial charge in [-0.2, -0.15) is 5.10 Å². The minimum absolute atomic E-state index is 0.236. The van der Waals surface area contributed by atoms with Crippen LogP contribution in [-0.4, -0.2) is 56.9 Å².